The SMILES string of the molecule is Cc1ccc(N2C(=O)NC(=O)C3(Cc4c(ccc5ccccc45)N(C)C3)C2=O)cc1Cl. The fraction of sp³-hybridized carbons (Fsp3) is 0.208. The summed E-state index contributed by atoms with van der Waals surface area (Å²) in [4.78, 5) is 42.6. The van der Waals surface area contributed by atoms with E-state index >= 15 is 0 Å². The Morgan fingerprint density at radius 2 is 1.81 bits per heavy atom. The molecule has 0 aliphatic carbocycles. The molecule has 1 unspecified atom stereocenters. The second kappa shape index (κ2) is 6.82. The van der Waals surface area contributed by atoms with E-state index in [9.17, 15) is 14.4 Å². The molecule has 7 heteroatoms. The lowest BCUT2D eigenvalue weighted by Crippen LogP contribution is -2.68. The van der Waals surface area contributed by atoms with Crippen LogP contribution in [0.1, 0.15) is 11.1 Å². The molecular formula is C24H20ClN3O3. The van der Waals surface area contributed by atoms with Crippen LogP contribution in [0.15, 0.2) is 54.6 Å². The molecule has 31 heavy (non-hydrogen) atoms. The summed E-state index contributed by atoms with van der Waals surface area (Å²) in [5.41, 5.74) is 1.66. The number of benzene rings is 3. The summed E-state index contributed by atoms with van der Waals surface area (Å²) >= 11 is 6.25. The zero-order valence-electron chi connectivity index (χ0n) is 17.1. The molecule has 1 N–H and O–H groups in total. The number of nitrogens with one attached hydrogen (secondary N) is 1. The quantitative estimate of drug-likeness (QED) is 0.587. The van der Waals surface area contributed by atoms with E-state index in [4.69, 9.17) is 11.6 Å². The Kier molecular flexibility index (Phi) is 4.31. The number of imide groups is 2. The number of aryl methyl sites for hydroxylation is 1. The first-order valence-corrected chi connectivity index (χ1v) is 10.4. The van der Waals surface area contributed by atoms with Crippen LogP contribution in [0.4, 0.5) is 16.2 Å². The van der Waals surface area contributed by atoms with Crippen molar-refractivity contribution in [3.63, 3.8) is 0 Å². The van der Waals surface area contributed by atoms with Crippen molar-refractivity contribution in [3.8, 4) is 0 Å². The Labute approximate surface area is 184 Å². The van der Waals surface area contributed by atoms with Crippen LogP contribution in [0.25, 0.3) is 10.8 Å². The molecule has 6 nitrogen and oxygen atoms in total. The largest absolute Gasteiger partial charge is 0.373 e. The number of carbonyl (C=O) groups is 3. The molecule has 1 saturated heterocycles. The summed E-state index contributed by atoms with van der Waals surface area (Å²) in [6.45, 7) is 2.01. The predicted molar refractivity (Wildman–Crippen MR) is 121 cm³/mol. The topological polar surface area (TPSA) is 69.7 Å². The molecule has 1 atom stereocenters. The maximum absolute atomic E-state index is 13.8. The van der Waals surface area contributed by atoms with Crippen LogP contribution in [-0.2, 0) is 16.0 Å². The van der Waals surface area contributed by atoms with Gasteiger partial charge in [-0.15, -0.1) is 0 Å². The second-order valence-electron chi connectivity index (χ2n) is 8.23. The molecule has 2 aliphatic rings. The zero-order chi connectivity index (χ0) is 21.9. The first kappa shape index (κ1) is 19.6. The molecule has 156 valence electrons. The highest BCUT2D eigenvalue weighted by molar-refractivity contribution is 6.33. The molecule has 3 aromatic rings. The maximum atomic E-state index is 13.8. The number of fused-ring (bicyclic) bond motifs is 3. The molecule has 0 saturated carbocycles. The molecule has 0 bridgehead atoms. The first-order chi connectivity index (χ1) is 14.8. The van der Waals surface area contributed by atoms with E-state index in [2.05, 4.69) is 5.32 Å². The standard InChI is InChI=1S/C24H20ClN3O3/c1-14-7-9-16(11-19(14)25)28-22(30)24(21(29)26-23(28)31)12-18-17-6-4-3-5-15(17)8-10-20(18)27(2)13-24/h3-11H,12-13H2,1-2H3,(H,26,29,31). The summed E-state index contributed by atoms with van der Waals surface area (Å²) in [7, 11) is 1.86. The zero-order valence-corrected chi connectivity index (χ0v) is 17.9. The van der Waals surface area contributed by atoms with Crippen LogP contribution in [-0.4, -0.2) is 31.4 Å². The third kappa shape index (κ3) is 2.82. The van der Waals surface area contributed by atoms with E-state index in [1.165, 1.54) is 0 Å². The van der Waals surface area contributed by atoms with Crippen LogP contribution >= 0.6 is 11.6 Å². The minimum atomic E-state index is -1.42. The molecule has 2 aliphatic heterocycles. The van der Waals surface area contributed by atoms with Crippen molar-refractivity contribution in [2.45, 2.75) is 13.3 Å². The number of urea groups is 1. The predicted octanol–water partition coefficient (Wildman–Crippen LogP) is 4.06. The van der Waals surface area contributed by atoms with E-state index in [1.807, 2.05) is 55.3 Å². The van der Waals surface area contributed by atoms with Gasteiger partial charge in [-0.05, 0) is 47.0 Å². The Morgan fingerprint density at radius 3 is 2.58 bits per heavy atom. The summed E-state index contributed by atoms with van der Waals surface area (Å²) in [6, 6.07) is 16.2. The average Bonchev–Trinajstić information content (AvgIpc) is 2.75. The molecule has 3 aromatic carbocycles. The van der Waals surface area contributed by atoms with E-state index < -0.39 is 23.3 Å². The number of amides is 4. The highest BCUT2D eigenvalue weighted by Gasteiger charge is 2.57. The van der Waals surface area contributed by atoms with Crippen LogP contribution in [0, 0.1) is 12.3 Å². The monoisotopic (exact) mass is 433 g/mol. The molecule has 1 spiro atoms. The van der Waals surface area contributed by atoms with Crippen LogP contribution in [0.5, 0.6) is 0 Å². The van der Waals surface area contributed by atoms with Crippen LogP contribution < -0.4 is 15.1 Å². The van der Waals surface area contributed by atoms with Gasteiger partial charge in [0, 0.05) is 30.7 Å². The summed E-state index contributed by atoms with van der Waals surface area (Å²) in [6.07, 6.45) is 0.210. The molecule has 2 heterocycles. The number of barbiturate groups is 1. The first-order valence-electron chi connectivity index (χ1n) is 10.00. The third-order valence-corrected chi connectivity index (χ3v) is 6.70. The summed E-state index contributed by atoms with van der Waals surface area (Å²) in [5.74, 6) is -1.10. The maximum Gasteiger partial charge on any atom is 0.335 e. The van der Waals surface area contributed by atoms with E-state index in [0.29, 0.717) is 10.7 Å². The number of rotatable bonds is 1. The highest BCUT2D eigenvalue weighted by Crippen LogP contribution is 2.43. The second-order valence-corrected chi connectivity index (χ2v) is 8.64. The normalized spacial score (nSPS) is 20.9. The molecular weight excluding hydrogens is 414 g/mol. The summed E-state index contributed by atoms with van der Waals surface area (Å²) < 4.78 is 0. The van der Waals surface area contributed by atoms with E-state index in [-0.39, 0.29) is 13.0 Å². The number of anilines is 2. The van der Waals surface area contributed by atoms with Gasteiger partial charge in [0.1, 0.15) is 0 Å². The molecule has 1 fully saturated rings. The smallest absolute Gasteiger partial charge is 0.335 e. The third-order valence-electron chi connectivity index (χ3n) is 6.30. The molecule has 0 aromatic heterocycles. The lowest BCUT2D eigenvalue weighted by molar-refractivity contribution is -0.142. The number of halogens is 1. The van der Waals surface area contributed by atoms with Gasteiger partial charge in [-0.3, -0.25) is 14.9 Å². The van der Waals surface area contributed by atoms with E-state index in [0.717, 1.165) is 32.5 Å². The number of hydrogen-bond donors (Lipinski definition) is 1. The molecule has 5 rings (SSSR count). The van der Waals surface area contributed by atoms with Gasteiger partial charge in [-0.1, -0.05) is 48.0 Å². The number of carbonyl (C=O) groups excluding carboxylic acids is 3. The molecule has 4 amide bonds. The van der Waals surface area contributed by atoms with Crippen molar-refractivity contribution < 1.29 is 14.4 Å². The minimum absolute atomic E-state index is 0.173. The van der Waals surface area contributed by atoms with Crippen molar-refractivity contribution in [3.05, 3.63) is 70.7 Å². The summed E-state index contributed by atoms with van der Waals surface area (Å²) in [5, 5.41) is 4.88. The van der Waals surface area contributed by atoms with Gasteiger partial charge in [-0.2, -0.15) is 0 Å². The van der Waals surface area contributed by atoms with Crippen molar-refractivity contribution >= 4 is 51.6 Å². The van der Waals surface area contributed by atoms with Crippen molar-refractivity contribution in [1.82, 2.24) is 5.32 Å². The average molecular weight is 434 g/mol. The Morgan fingerprint density at radius 1 is 1.03 bits per heavy atom. The Bertz CT molecular complexity index is 1290. The lowest BCUT2D eigenvalue weighted by Gasteiger charge is -2.45. The Hall–Kier alpha value is -3.38. The van der Waals surface area contributed by atoms with Crippen LogP contribution in [0.3, 0.4) is 0 Å². The van der Waals surface area contributed by atoms with Gasteiger partial charge in [0.2, 0.25) is 5.91 Å². The lowest BCUT2D eigenvalue weighted by atomic mass is 9.73. The Balaban J connectivity index is 1.65. The minimum Gasteiger partial charge on any atom is -0.373 e. The van der Waals surface area contributed by atoms with Crippen LogP contribution in [0.2, 0.25) is 5.02 Å². The molecule has 0 radical (unpaired) electrons. The number of hydrogen-bond acceptors (Lipinski definition) is 4. The number of nitrogens with zero attached hydrogens (tertiary/aromatic N) is 2. The van der Waals surface area contributed by atoms with Gasteiger partial charge in [0.15, 0.2) is 5.41 Å². The van der Waals surface area contributed by atoms with Crippen molar-refractivity contribution in [2.75, 3.05) is 23.4 Å². The fourth-order valence-corrected chi connectivity index (χ4v) is 4.82. The fourth-order valence-electron chi connectivity index (χ4n) is 4.64. The van der Waals surface area contributed by atoms with Crippen molar-refractivity contribution in [1.29, 1.82) is 0 Å². The van der Waals surface area contributed by atoms with Gasteiger partial charge >= 0.3 is 6.03 Å². The van der Waals surface area contributed by atoms with Gasteiger partial charge < -0.3 is 4.90 Å². The van der Waals surface area contributed by atoms with Crippen molar-refractivity contribution in [2.24, 2.45) is 5.41 Å². The van der Waals surface area contributed by atoms with E-state index in [1.54, 1.807) is 18.2 Å². The van der Waals surface area contributed by atoms with Gasteiger partial charge in [-0.25, -0.2) is 9.69 Å². The van der Waals surface area contributed by atoms with Gasteiger partial charge in [0.25, 0.3) is 5.91 Å². The highest BCUT2D eigenvalue weighted by atomic mass is 35.5. The van der Waals surface area contributed by atoms with Gasteiger partial charge in [0.05, 0.1) is 5.69 Å².